The molecule has 2 heterocycles. The molecule has 2 atom stereocenters. The van der Waals surface area contributed by atoms with Crippen molar-refractivity contribution < 1.29 is 14.7 Å². The Hall–Kier alpha value is -1.30. The molecule has 0 aromatic heterocycles. The number of rotatable bonds is 5. The molecule has 21 heavy (non-hydrogen) atoms. The average molecular weight is 297 g/mol. The lowest BCUT2D eigenvalue weighted by atomic mass is 9.93. The number of hydrogen-bond acceptors (Lipinski definition) is 3. The average Bonchev–Trinajstić information content (AvgIpc) is 2.88. The highest BCUT2D eigenvalue weighted by molar-refractivity contribution is 5.74. The van der Waals surface area contributed by atoms with Crippen LogP contribution in [-0.4, -0.2) is 66.2 Å². The molecule has 2 unspecified atom stereocenters. The molecular formula is C15H27N3O3. The largest absolute Gasteiger partial charge is 0.481 e. The maximum absolute atomic E-state index is 12.2. The normalized spacial score (nSPS) is 26.8. The van der Waals surface area contributed by atoms with Crippen LogP contribution in [0.25, 0.3) is 0 Å². The standard InChI is InChI=1S/C15H27N3O3/c1-17-8-3-5-13(17)10-16-15(21)18-9-2-4-12(11-18)6-7-14(19)20/h12-13H,2-11H2,1H3,(H,16,21)(H,19,20). The summed E-state index contributed by atoms with van der Waals surface area (Å²) in [6, 6.07) is 0.469. The lowest BCUT2D eigenvalue weighted by Gasteiger charge is -2.33. The zero-order chi connectivity index (χ0) is 15.2. The van der Waals surface area contributed by atoms with Crippen molar-refractivity contribution >= 4 is 12.0 Å². The van der Waals surface area contributed by atoms with Gasteiger partial charge in [0.05, 0.1) is 0 Å². The number of carbonyl (C=O) groups excluding carboxylic acids is 1. The molecule has 120 valence electrons. The Morgan fingerprint density at radius 3 is 2.67 bits per heavy atom. The third-order valence-electron chi connectivity index (χ3n) is 4.73. The number of hydrogen-bond donors (Lipinski definition) is 2. The van der Waals surface area contributed by atoms with E-state index in [2.05, 4.69) is 17.3 Å². The molecular weight excluding hydrogens is 270 g/mol. The Bertz CT molecular complexity index is 375. The van der Waals surface area contributed by atoms with Gasteiger partial charge in [0.25, 0.3) is 0 Å². The van der Waals surface area contributed by atoms with E-state index < -0.39 is 5.97 Å². The van der Waals surface area contributed by atoms with Gasteiger partial charge in [-0.25, -0.2) is 4.79 Å². The van der Waals surface area contributed by atoms with Gasteiger partial charge in [0.2, 0.25) is 0 Å². The third kappa shape index (κ3) is 4.88. The lowest BCUT2D eigenvalue weighted by Crippen LogP contribution is -2.48. The Morgan fingerprint density at radius 1 is 1.24 bits per heavy atom. The van der Waals surface area contributed by atoms with Gasteiger partial charge in [-0.15, -0.1) is 0 Å². The second-order valence-electron chi connectivity index (χ2n) is 6.35. The van der Waals surface area contributed by atoms with Crippen LogP contribution in [0.3, 0.4) is 0 Å². The molecule has 0 aromatic rings. The van der Waals surface area contributed by atoms with Crippen LogP contribution in [0.5, 0.6) is 0 Å². The Balaban J connectivity index is 1.72. The van der Waals surface area contributed by atoms with Gasteiger partial charge < -0.3 is 20.2 Å². The van der Waals surface area contributed by atoms with Gasteiger partial charge in [0.1, 0.15) is 0 Å². The molecule has 2 amide bonds. The van der Waals surface area contributed by atoms with Gasteiger partial charge in [0.15, 0.2) is 0 Å². The number of amides is 2. The topological polar surface area (TPSA) is 72.9 Å². The van der Waals surface area contributed by atoms with Crippen LogP contribution in [0.15, 0.2) is 0 Å². The molecule has 2 rings (SSSR count). The number of urea groups is 1. The maximum Gasteiger partial charge on any atom is 0.317 e. The van der Waals surface area contributed by atoms with Crippen LogP contribution in [0.1, 0.15) is 38.5 Å². The van der Waals surface area contributed by atoms with Crippen molar-refractivity contribution in [3.8, 4) is 0 Å². The van der Waals surface area contributed by atoms with Crippen molar-refractivity contribution in [3.05, 3.63) is 0 Å². The predicted molar refractivity (Wildman–Crippen MR) is 80.2 cm³/mol. The van der Waals surface area contributed by atoms with E-state index in [9.17, 15) is 9.59 Å². The fourth-order valence-electron chi connectivity index (χ4n) is 3.37. The quantitative estimate of drug-likeness (QED) is 0.804. The van der Waals surface area contributed by atoms with Crippen LogP contribution in [-0.2, 0) is 4.79 Å². The zero-order valence-corrected chi connectivity index (χ0v) is 12.9. The zero-order valence-electron chi connectivity index (χ0n) is 12.9. The monoisotopic (exact) mass is 297 g/mol. The van der Waals surface area contributed by atoms with E-state index in [-0.39, 0.29) is 12.5 Å². The van der Waals surface area contributed by atoms with E-state index in [0.29, 0.717) is 31.5 Å². The molecule has 2 saturated heterocycles. The van der Waals surface area contributed by atoms with Gasteiger partial charge in [-0.05, 0) is 51.6 Å². The fourth-order valence-corrected chi connectivity index (χ4v) is 3.37. The van der Waals surface area contributed by atoms with Crippen molar-refractivity contribution in [1.82, 2.24) is 15.1 Å². The summed E-state index contributed by atoms with van der Waals surface area (Å²) in [4.78, 5) is 27.0. The Morgan fingerprint density at radius 2 is 2.00 bits per heavy atom. The number of carboxylic acid groups (broad SMARTS) is 1. The molecule has 0 bridgehead atoms. The number of carbonyl (C=O) groups is 2. The van der Waals surface area contributed by atoms with Crippen LogP contribution in [0.4, 0.5) is 4.79 Å². The molecule has 0 radical (unpaired) electrons. The highest BCUT2D eigenvalue weighted by Gasteiger charge is 2.26. The summed E-state index contributed by atoms with van der Waals surface area (Å²) in [5.74, 6) is -0.421. The predicted octanol–water partition coefficient (Wildman–Crippen LogP) is 1.37. The van der Waals surface area contributed by atoms with E-state index in [1.165, 1.54) is 6.42 Å². The minimum atomic E-state index is -0.749. The molecule has 0 aliphatic carbocycles. The molecule has 6 heteroatoms. The molecule has 0 saturated carbocycles. The molecule has 2 aliphatic rings. The fraction of sp³-hybridized carbons (Fsp3) is 0.867. The van der Waals surface area contributed by atoms with Crippen molar-refractivity contribution in [2.45, 2.75) is 44.6 Å². The summed E-state index contributed by atoms with van der Waals surface area (Å²) in [6.45, 7) is 3.31. The van der Waals surface area contributed by atoms with Crippen molar-refractivity contribution in [2.75, 3.05) is 33.2 Å². The van der Waals surface area contributed by atoms with Gasteiger partial charge >= 0.3 is 12.0 Å². The maximum atomic E-state index is 12.2. The van der Waals surface area contributed by atoms with Gasteiger partial charge in [-0.2, -0.15) is 0 Å². The van der Waals surface area contributed by atoms with Crippen molar-refractivity contribution in [3.63, 3.8) is 0 Å². The number of aliphatic carboxylic acids is 1. The van der Waals surface area contributed by atoms with E-state index in [0.717, 1.165) is 32.4 Å². The molecule has 0 aromatic carbocycles. The second-order valence-corrected chi connectivity index (χ2v) is 6.35. The highest BCUT2D eigenvalue weighted by atomic mass is 16.4. The summed E-state index contributed by atoms with van der Waals surface area (Å²) in [5.41, 5.74) is 0. The summed E-state index contributed by atoms with van der Waals surface area (Å²) >= 11 is 0. The van der Waals surface area contributed by atoms with Crippen LogP contribution in [0, 0.1) is 5.92 Å². The van der Waals surface area contributed by atoms with E-state index in [1.54, 1.807) is 0 Å². The van der Waals surface area contributed by atoms with Gasteiger partial charge in [0, 0.05) is 32.1 Å². The first kappa shape index (κ1) is 16.1. The molecule has 2 aliphatic heterocycles. The highest BCUT2D eigenvalue weighted by Crippen LogP contribution is 2.21. The van der Waals surface area contributed by atoms with Gasteiger partial charge in [-0.3, -0.25) is 4.79 Å². The van der Waals surface area contributed by atoms with Crippen LogP contribution < -0.4 is 5.32 Å². The molecule has 6 nitrogen and oxygen atoms in total. The smallest absolute Gasteiger partial charge is 0.317 e. The second kappa shape index (κ2) is 7.64. The SMILES string of the molecule is CN1CCCC1CNC(=O)N1CCCC(CCC(=O)O)C1. The molecule has 0 spiro atoms. The summed E-state index contributed by atoms with van der Waals surface area (Å²) in [5, 5.41) is 11.8. The van der Waals surface area contributed by atoms with E-state index in [1.807, 2.05) is 4.90 Å². The summed E-state index contributed by atoms with van der Waals surface area (Å²) in [7, 11) is 2.10. The number of nitrogens with zero attached hydrogens (tertiary/aromatic N) is 2. The van der Waals surface area contributed by atoms with E-state index in [4.69, 9.17) is 5.11 Å². The minimum Gasteiger partial charge on any atom is -0.481 e. The lowest BCUT2D eigenvalue weighted by molar-refractivity contribution is -0.137. The van der Waals surface area contributed by atoms with Crippen LogP contribution in [0.2, 0.25) is 0 Å². The first-order chi connectivity index (χ1) is 10.1. The Labute approximate surface area is 126 Å². The number of piperidine rings is 1. The molecule has 2 fully saturated rings. The van der Waals surface area contributed by atoms with Crippen molar-refractivity contribution in [2.24, 2.45) is 5.92 Å². The summed E-state index contributed by atoms with van der Waals surface area (Å²) in [6.07, 6.45) is 5.23. The van der Waals surface area contributed by atoms with Crippen molar-refractivity contribution in [1.29, 1.82) is 0 Å². The van der Waals surface area contributed by atoms with Gasteiger partial charge in [-0.1, -0.05) is 0 Å². The first-order valence-electron chi connectivity index (χ1n) is 8.01. The summed E-state index contributed by atoms with van der Waals surface area (Å²) < 4.78 is 0. The number of likely N-dealkylation sites (N-methyl/N-ethyl adjacent to an activating group) is 1. The number of nitrogens with one attached hydrogen (secondary N) is 1. The Kier molecular flexibility index (Phi) is 5.85. The van der Waals surface area contributed by atoms with E-state index >= 15 is 0 Å². The number of carboxylic acids is 1. The van der Waals surface area contributed by atoms with Crippen LogP contribution >= 0.6 is 0 Å². The molecule has 2 N–H and O–H groups in total. The minimum absolute atomic E-state index is 0.00956. The third-order valence-corrected chi connectivity index (χ3v) is 4.73. The first-order valence-corrected chi connectivity index (χ1v) is 8.01. The number of likely N-dealkylation sites (tertiary alicyclic amines) is 2.